The summed E-state index contributed by atoms with van der Waals surface area (Å²) in [6.07, 6.45) is 4.05. The van der Waals surface area contributed by atoms with Crippen molar-refractivity contribution in [2.24, 2.45) is 0 Å². The monoisotopic (exact) mass is 324 g/mol. The molecule has 1 aromatic heterocycles. The third kappa shape index (κ3) is 4.00. The van der Waals surface area contributed by atoms with Gasteiger partial charge in [-0.1, -0.05) is 0 Å². The molecule has 0 bridgehead atoms. The van der Waals surface area contributed by atoms with Crippen molar-refractivity contribution < 1.29 is 14.3 Å². The zero-order valence-corrected chi connectivity index (χ0v) is 14.5. The molecule has 0 spiro atoms. The fraction of sp³-hybridized carbons (Fsp3) is 0.625. The molecule has 0 unspecified atom stereocenters. The fourth-order valence-corrected chi connectivity index (χ4v) is 3.82. The number of amides is 2. The second-order valence-corrected chi connectivity index (χ2v) is 7.57. The van der Waals surface area contributed by atoms with Crippen molar-refractivity contribution in [3.8, 4) is 0 Å². The molecule has 0 aromatic carbocycles. The topological polar surface area (TPSA) is 67.4 Å². The van der Waals surface area contributed by atoms with Crippen molar-refractivity contribution in [1.29, 1.82) is 0 Å². The molecule has 0 saturated heterocycles. The average Bonchev–Trinajstić information content (AvgIpc) is 2.74. The summed E-state index contributed by atoms with van der Waals surface area (Å²) < 4.78 is 5.17. The second-order valence-electron chi connectivity index (χ2n) is 6.46. The molecule has 2 rings (SSSR count). The molecule has 2 amide bonds. The van der Waals surface area contributed by atoms with Crippen LogP contribution < -0.4 is 10.6 Å². The van der Waals surface area contributed by atoms with Crippen molar-refractivity contribution >= 4 is 28.3 Å². The van der Waals surface area contributed by atoms with Gasteiger partial charge in [-0.3, -0.25) is 5.32 Å². The lowest BCUT2D eigenvalue weighted by Crippen LogP contribution is -2.43. The Bertz CT molecular complexity index is 573. The van der Waals surface area contributed by atoms with Crippen LogP contribution >= 0.6 is 11.3 Å². The summed E-state index contributed by atoms with van der Waals surface area (Å²) in [7, 11) is 0. The summed E-state index contributed by atoms with van der Waals surface area (Å²) in [6, 6.07) is -0.295. The number of carbonyl (C=O) groups excluding carboxylic acids is 2. The number of hydrogen-bond donors (Lipinski definition) is 2. The van der Waals surface area contributed by atoms with Gasteiger partial charge in [0.2, 0.25) is 0 Å². The van der Waals surface area contributed by atoms with E-state index >= 15 is 0 Å². The Morgan fingerprint density at radius 2 is 1.91 bits per heavy atom. The number of aryl methyl sites for hydroxylation is 1. The molecular formula is C16H24N2O3S. The number of hydrogen-bond acceptors (Lipinski definition) is 4. The van der Waals surface area contributed by atoms with Gasteiger partial charge in [0.15, 0.2) is 0 Å². The van der Waals surface area contributed by atoms with Gasteiger partial charge in [-0.15, -0.1) is 11.3 Å². The zero-order valence-electron chi connectivity index (χ0n) is 13.7. The van der Waals surface area contributed by atoms with Gasteiger partial charge in [0.05, 0.1) is 12.2 Å². The summed E-state index contributed by atoms with van der Waals surface area (Å²) >= 11 is 1.50. The summed E-state index contributed by atoms with van der Waals surface area (Å²) in [5.41, 5.74) is 1.27. The minimum absolute atomic E-state index is 0.295. The first-order chi connectivity index (χ1) is 10.3. The molecule has 122 valence electrons. The highest BCUT2D eigenvalue weighted by Crippen LogP contribution is 2.38. The summed E-state index contributed by atoms with van der Waals surface area (Å²) in [5.74, 6) is -0.340. The SMILES string of the molecule is CCOC(=O)c1c(NC(=O)NC(C)(C)C)sc2c1CCCC2. The Balaban J connectivity index is 2.28. The van der Waals surface area contributed by atoms with Crippen LogP contribution in [0.4, 0.5) is 9.80 Å². The number of fused-ring (bicyclic) bond motifs is 1. The van der Waals surface area contributed by atoms with Crippen LogP contribution in [0, 0.1) is 0 Å². The lowest BCUT2D eigenvalue weighted by molar-refractivity contribution is 0.0526. The highest BCUT2D eigenvalue weighted by atomic mass is 32.1. The molecule has 0 atom stereocenters. The van der Waals surface area contributed by atoms with Gasteiger partial charge >= 0.3 is 12.0 Å². The van der Waals surface area contributed by atoms with Crippen molar-refractivity contribution in [2.45, 2.75) is 58.9 Å². The molecular weight excluding hydrogens is 300 g/mol. The van der Waals surface area contributed by atoms with Crippen LogP contribution in [-0.2, 0) is 17.6 Å². The van der Waals surface area contributed by atoms with E-state index < -0.39 is 0 Å². The predicted molar refractivity (Wildman–Crippen MR) is 88.8 cm³/mol. The van der Waals surface area contributed by atoms with Crippen LogP contribution in [0.1, 0.15) is 61.3 Å². The molecule has 1 aliphatic carbocycles. The number of anilines is 1. The van der Waals surface area contributed by atoms with E-state index in [-0.39, 0.29) is 17.5 Å². The Hall–Kier alpha value is -1.56. The standard InChI is InChI=1S/C16H24N2O3S/c1-5-21-14(19)12-10-8-6-7-9-11(10)22-13(12)17-15(20)18-16(2,3)4/h5-9H2,1-4H3,(H2,17,18,20). The van der Waals surface area contributed by atoms with Crippen molar-refractivity contribution in [1.82, 2.24) is 5.32 Å². The number of nitrogens with one attached hydrogen (secondary N) is 2. The van der Waals surface area contributed by atoms with Crippen molar-refractivity contribution in [3.05, 3.63) is 16.0 Å². The minimum atomic E-state index is -0.340. The molecule has 1 aromatic rings. The number of rotatable bonds is 3. The Labute approximate surface area is 135 Å². The van der Waals surface area contributed by atoms with Gasteiger partial charge in [0, 0.05) is 10.4 Å². The van der Waals surface area contributed by atoms with E-state index in [0.717, 1.165) is 31.2 Å². The zero-order chi connectivity index (χ0) is 16.3. The maximum Gasteiger partial charge on any atom is 0.341 e. The molecule has 1 aliphatic rings. The highest BCUT2D eigenvalue weighted by molar-refractivity contribution is 7.17. The second kappa shape index (κ2) is 6.69. The number of urea groups is 1. The number of ether oxygens (including phenoxy) is 1. The van der Waals surface area contributed by atoms with Gasteiger partial charge in [0.25, 0.3) is 0 Å². The van der Waals surface area contributed by atoms with Crippen LogP contribution in [0.3, 0.4) is 0 Å². The molecule has 0 saturated carbocycles. The van der Waals surface area contributed by atoms with Crippen LogP contribution in [0.2, 0.25) is 0 Å². The maximum absolute atomic E-state index is 12.3. The van der Waals surface area contributed by atoms with Crippen molar-refractivity contribution in [3.63, 3.8) is 0 Å². The van der Waals surface area contributed by atoms with Crippen LogP contribution in [-0.4, -0.2) is 24.1 Å². The lowest BCUT2D eigenvalue weighted by atomic mass is 9.95. The molecule has 1 heterocycles. The molecule has 0 radical (unpaired) electrons. The van der Waals surface area contributed by atoms with Crippen LogP contribution in [0.25, 0.3) is 0 Å². The van der Waals surface area contributed by atoms with E-state index in [1.165, 1.54) is 16.2 Å². The van der Waals surface area contributed by atoms with E-state index in [1.807, 2.05) is 20.8 Å². The first kappa shape index (κ1) is 16.8. The van der Waals surface area contributed by atoms with Crippen LogP contribution in [0.15, 0.2) is 0 Å². The number of thiophene rings is 1. The van der Waals surface area contributed by atoms with Gasteiger partial charge in [-0.05, 0) is 58.9 Å². The molecule has 6 heteroatoms. The smallest absolute Gasteiger partial charge is 0.341 e. The summed E-state index contributed by atoms with van der Waals surface area (Å²) in [5, 5.41) is 6.29. The lowest BCUT2D eigenvalue weighted by Gasteiger charge is -2.20. The summed E-state index contributed by atoms with van der Waals surface area (Å²) in [6.45, 7) is 7.86. The van der Waals surface area contributed by atoms with Gasteiger partial charge in [-0.25, -0.2) is 9.59 Å². The highest BCUT2D eigenvalue weighted by Gasteiger charge is 2.27. The first-order valence-electron chi connectivity index (χ1n) is 7.72. The molecule has 0 aliphatic heterocycles. The third-order valence-corrected chi connectivity index (χ3v) is 4.57. The van der Waals surface area contributed by atoms with Crippen molar-refractivity contribution in [2.75, 3.05) is 11.9 Å². The first-order valence-corrected chi connectivity index (χ1v) is 8.54. The minimum Gasteiger partial charge on any atom is -0.462 e. The van der Waals surface area contributed by atoms with Gasteiger partial charge in [0.1, 0.15) is 5.00 Å². The molecule has 5 nitrogen and oxygen atoms in total. The Kier molecular flexibility index (Phi) is 5.11. The number of esters is 1. The van der Waals surface area contributed by atoms with Gasteiger partial charge < -0.3 is 10.1 Å². The average molecular weight is 324 g/mol. The maximum atomic E-state index is 12.3. The quantitative estimate of drug-likeness (QED) is 0.833. The van der Waals surface area contributed by atoms with E-state index in [9.17, 15) is 9.59 Å². The fourth-order valence-electron chi connectivity index (χ4n) is 2.55. The molecule has 0 fully saturated rings. The predicted octanol–water partition coefficient (Wildman–Crippen LogP) is 3.72. The van der Waals surface area contributed by atoms with Gasteiger partial charge in [-0.2, -0.15) is 0 Å². The van der Waals surface area contributed by atoms with E-state index in [1.54, 1.807) is 6.92 Å². The molecule has 22 heavy (non-hydrogen) atoms. The summed E-state index contributed by atoms with van der Waals surface area (Å²) in [4.78, 5) is 25.6. The third-order valence-electron chi connectivity index (χ3n) is 3.37. The molecule has 2 N–H and O–H groups in total. The Morgan fingerprint density at radius 1 is 1.23 bits per heavy atom. The van der Waals surface area contributed by atoms with E-state index in [0.29, 0.717) is 17.2 Å². The van der Waals surface area contributed by atoms with E-state index in [2.05, 4.69) is 10.6 Å². The van der Waals surface area contributed by atoms with Crippen LogP contribution in [0.5, 0.6) is 0 Å². The number of carbonyl (C=O) groups is 2. The normalized spacial score (nSPS) is 14.2. The van der Waals surface area contributed by atoms with E-state index in [4.69, 9.17) is 4.74 Å². The Morgan fingerprint density at radius 3 is 2.55 bits per heavy atom. The largest absolute Gasteiger partial charge is 0.462 e.